The van der Waals surface area contributed by atoms with Gasteiger partial charge in [0.1, 0.15) is 0 Å². The highest BCUT2D eigenvalue weighted by Gasteiger charge is 2.17. The maximum atomic E-state index is 11.0. The predicted octanol–water partition coefficient (Wildman–Crippen LogP) is 1.12. The van der Waals surface area contributed by atoms with Crippen LogP contribution in [0.1, 0.15) is 0 Å². The normalized spacial score (nSPS) is 9.31. The fourth-order valence-corrected chi connectivity index (χ4v) is 0.990. The number of methoxy groups -OCH3 is 1. The number of amides is 1. The molecule has 0 bridgehead atoms. The molecule has 7 nitrogen and oxygen atoms in total. The zero-order valence-corrected chi connectivity index (χ0v) is 8.47. The van der Waals surface area contributed by atoms with Gasteiger partial charge in [0, 0.05) is 6.07 Å². The summed E-state index contributed by atoms with van der Waals surface area (Å²) in [4.78, 5) is 24.6. The monoisotopic (exact) mass is 223 g/mol. The number of nitro groups is 1. The van der Waals surface area contributed by atoms with Crippen LogP contribution in [0.2, 0.25) is 0 Å². The Balaban J connectivity index is 3.06. The van der Waals surface area contributed by atoms with Gasteiger partial charge < -0.3 is 10.1 Å². The van der Waals surface area contributed by atoms with Gasteiger partial charge in [-0.1, -0.05) is 6.58 Å². The molecule has 0 aliphatic carbocycles. The molecule has 0 unspecified atom stereocenters. The molecule has 7 heteroatoms. The van der Waals surface area contributed by atoms with Crippen molar-refractivity contribution in [3.8, 4) is 5.88 Å². The Labute approximate surface area is 90.9 Å². The van der Waals surface area contributed by atoms with E-state index in [1.807, 2.05) is 0 Å². The molecule has 1 amide bonds. The van der Waals surface area contributed by atoms with Gasteiger partial charge in [0.2, 0.25) is 5.91 Å². The van der Waals surface area contributed by atoms with Crippen molar-refractivity contribution in [2.75, 3.05) is 12.4 Å². The summed E-state index contributed by atoms with van der Waals surface area (Å²) >= 11 is 0. The second-order valence-corrected chi connectivity index (χ2v) is 2.70. The third-order valence-electron chi connectivity index (χ3n) is 1.68. The van der Waals surface area contributed by atoms with E-state index in [4.69, 9.17) is 4.74 Å². The summed E-state index contributed by atoms with van der Waals surface area (Å²) in [6.45, 7) is 3.26. The molecule has 1 aromatic heterocycles. The summed E-state index contributed by atoms with van der Waals surface area (Å²) in [5.74, 6) is -0.581. The van der Waals surface area contributed by atoms with E-state index in [2.05, 4.69) is 16.9 Å². The topological polar surface area (TPSA) is 94.4 Å². The first-order valence-electron chi connectivity index (χ1n) is 4.20. The molecule has 0 saturated carbocycles. The summed E-state index contributed by atoms with van der Waals surface area (Å²) in [5, 5.41) is 13.0. The van der Waals surface area contributed by atoms with Gasteiger partial charge >= 0.3 is 5.69 Å². The summed E-state index contributed by atoms with van der Waals surface area (Å²) in [7, 11) is 1.28. The Bertz CT molecular complexity index is 444. The van der Waals surface area contributed by atoms with Crippen molar-refractivity contribution in [3.05, 3.63) is 35.0 Å². The molecule has 0 aliphatic rings. The maximum Gasteiger partial charge on any atom is 0.333 e. The molecular weight excluding hydrogens is 214 g/mol. The number of hydrogen-bond donors (Lipinski definition) is 1. The minimum atomic E-state index is -0.643. The average Bonchev–Trinajstić information content (AvgIpc) is 2.28. The minimum Gasteiger partial charge on any atom is -0.476 e. The van der Waals surface area contributed by atoms with Gasteiger partial charge in [-0.05, 0) is 6.08 Å². The van der Waals surface area contributed by atoms with E-state index in [0.717, 1.165) is 12.1 Å². The zero-order valence-electron chi connectivity index (χ0n) is 8.47. The Hall–Kier alpha value is -2.44. The van der Waals surface area contributed by atoms with Crippen LogP contribution in [-0.4, -0.2) is 22.9 Å². The predicted molar refractivity (Wildman–Crippen MR) is 56.3 cm³/mol. The van der Waals surface area contributed by atoms with E-state index in [9.17, 15) is 14.9 Å². The number of carbonyl (C=O) groups is 1. The van der Waals surface area contributed by atoms with Gasteiger partial charge in [-0.25, -0.2) is 4.98 Å². The molecule has 0 aromatic carbocycles. The lowest BCUT2D eigenvalue weighted by Gasteiger charge is -2.03. The molecule has 1 rings (SSSR count). The molecule has 0 fully saturated rings. The zero-order chi connectivity index (χ0) is 12.1. The first kappa shape index (κ1) is 11.6. The third-order valence-corrected chi connectivity index (χ3v) is 1.68. The largest absolute Gasteiger partial charge is 0.476 e. The first-order valence-corrected chi connectivity index (χ1v) is 4.20. The third kappa shape index (κ3) is 2.53. The van der Waals surface area contributed by atoms with Crippen LogP contribution in [0.25, 0.3) is 0 Å². The Kier molecular flexibility index (Phi) is 3.54. The number of rotatable bonds is 4. The number of aromatic nitrogens is 1. The van der Waals surface area contributed by atoms with Crippen LogP contribution < -0.4 is 10.1 Å². The van der Waals surface area contributed by atoms with E-state index in [1.54, 1.807) is 0 Å². The summed E-state index contributed by atoms with van der Waals surface area (Å²) in [6.07, 6.45) is 2.31. The minimum absolute atomic E-state index is 0.110. The van der Waals surface area contributed by atoms with Crippen molar-refractivity contribution in [1.82, 2.24) is 4.98 Å². The number of ether oxygens (including phenoxy) is 1. The molecule has 1 aromatic rings. The van der Waals surface area contributed by atoms with E-state index in [1.165, 1.54) is 13.3 Å². The van der Waals surface area contributed by atoms with Crippen LogP contribution in [0, 0.1) is 10.1 Å². The fourth-order valence-electron chi connectivity index (χ4n) is 0.990. The van der Waals surface area contributed by atoms with Gasteiger partial charge in [0.15, 0.2) is 0 Å². The molecule has 0 radical (unpaired) electrons. The molecule has 1 heterocycles. The molecule has 0 atom stereocenters. The molecule has 0 aliphatic heterocycles. The lowest BCUT2D eigenvalue weighted by atomic mass is 10.3. The van der Waals surface area contributed by atoms with Crippen molar-refractivity contribution in [2.24, 2.45) is 0 Å². The highest BCUT2D eigenvalue weighted by Crippen LogP contribution is 2.26. The number of nitrogens with one attached hydrogen (secondary N) is 1. The second-order valence-electron chi connectivity index (χ2n) is 2.70. The standard InChI is InChI=1S/C9H9N3O4/c1-3-8(13)11-6-4-7(12(14)15)9(16-2)10-5-6/h3-5H,1H2,2H3,(H,11,13). The molecular formula is C9H9N3O4. The van der Waals surface area contributed by atoms with Crippen LogP contribution in [0.3, 0.4) is 0 Å². The van der Waals surface area contributed by atoms with Gasteiger partial charge in [0.05, 0.1) is 23.9 Å². The Morgan fingerprint density at radius 2 is 2.44 bits per heavy atom. The average molecular weight is 223 g/mol. The van der Waals surface area contributed by atoms with E-state index in [0.29, 0.717) is 0 Å². The molecule has 0 spiro atoms. The lowest BCUT2D eigenvalue weighted by Crippen LogP contribution is -2.08. The Morgan fingerprint density at radius 1 is 1.75 bits per heavy atom. The number of hydrogen-bond acceptors (Lipinski definition) is 5. The van der Waals surface area contributed by atoms with Crippen LogP contribution >= 0.6 is 0 Å². The lowest BCUT2D eigenvalue weighted by molar-refractivity contribution is -0.386. The number of carbonyl (C=O) groups excluding carboxylic acids is 1. The van der Waals surface area contributed by atoms with E-state index >= 15 is 0 Å². The van der Waals surface area contributed by atoms with Crippen molar-refractivity contribution in [3.63, 3.8) is 0 Å². The molecule has 84 valence electrons. The number of nitrogens with zero attached hydrogens (tertiary/aromatic N) is 2. The van der Waals surface area contributed by atoms with Crippen molar-refractivity contribution >= 4 is 17.3 Å². The SMILES string of the molecule is C=CC(=O)Nc1cnc(OC)c([N+](=O)[O-])c1. The highest BCUT2D eigenvalue weighted by atomic mass is 16.6. The van der Waals surface area contributed by atoms with Crippen molar-refractivity contribution in [2.45, 2.75) is 0 Å². The van der Waals surface area contributed by atoms with Gasteiger partial charge in [-0.3, -0.25) is 14.9 Å². The summed E-state index contributed by atoms with van der Waals surface area (Å²) in [5.41, 5.74) is -0.109. The maximum absolute atomic E-state index is 11.0. The van der Waals surface area contributed by atoms with E-state index in [-0.39, 0.29) is 17.3 Å². The Morgan fingerprint density at radius 3 is 2.94 bits per heavy atom. The van der Waals surface area contributed by atoms with Crippen LogP contribution in [0.5, 0.6) is 5.88 Å². The van der Waals surface area contributed by atoms with Gasteiger partial charge in [0.25, 0.3) is 5.88 Å². The second kappa shape index (κ2) is 4.87. The molecule has 0 saturated heterocycles. The first-order chi connectivity index (χ1) is 7.58. The number of anilines is 1. The fraction of sp³-hybridized carbons (Fsp3) is 0.111. The number of pyridine rings is 1. The van der Waals surface area contributed by atoms with Crippen molar-refractivity contribution in [1.29, 1.82) is 0 Å². The van der Waals surface area contributed by atoms with Crippen LogP contribution in [-0.2, 0) is 4.79 Å². The van der Waals surface area contributed by atoms with Crippen LogP contribution in [0.4, 0.5) is 11.4 Å². The van der Waals surface area contributed by atoms with E-state index < -0.39 is 10.8 Å². The summed E-state index contributed by atoms with van der Waals surface area (Å²) < 4.78 is 4.71. The smallest absolute Gasteiger partial charge is 0.333 e. The van der Waals surface area contributed by atoms with Gasteiger partial charge in [-0.15, -0.1) is 0 Å². The molecule has 1 N–H and O–H groups in total. The highest BCUT2D eigenvalue weighted by molar-refractivity contribution is 5.98. The van der Waals surface area contributed by atoms with Crippen molar-refractivity contribution < 1.29 is 14.5 Å². The van der Waals surface area contributed by atoms with Gasteiger partial charge in [-0.2, -0.15) is 0 Å². The summed E-state index contributed by atoms with van der Waals surface area (Å²) in [6, 6.07) is 1.16. The van der Waals surface area contributed by atoms with Crippen LogP contribution in [0.15, 0.2) is 24.9 Å². The quantitative estimate of drug-likeness (QED) is 0.469. The molecule has 16 heavy (non-hydrogen) atoms.